The van der Waals surface area contributed by atoms with E-state index < -0.39 is 138 Å². The summed E-state index contributed by atoms with van der Waals surface area (Å²) in [7, 11) is -9.75. The maximum atomic E-state index is 13.7. The Morgan fingerprint density at radius 3 is 0.784 bits per heavy atom. The predicted molar refractivity (Wildman–Crippen MR) is 506 cm³/mol. The summed E-state index contributed by atoms with van der Waals surface area (Å²) in [6, 6.07) is 87.0. The van der Waals surface area contributed by atoms with E-state index in [1.165, 1.54) is 218 Å². The number of thiophene rings is 2. The zero-order chi connectivity index (χ0) is 97.1. The van der Waals surface area contributed by atoms with Crippen LogP contribution in [0.2, 0.25) is 0 Å². The molecule has 2 aromatic heterocycles. The van der Waals surface area contributed by atoms with Crippen LogP contribution in [0.1, 0.15) is 0 Å². The highest BCUT2D eigenvalue weighted by Crippen LogP contribution is 2.55. The van der Waals surface area contributed by atoms with Gasteiger partial charge in [-0.2, -0.15) is 0 Å². The number of halogens is 18. The SMILES string of the molecule is Fc1ccc(-[s+]2c3cc(F)ccc3c3ccc(F)cc32)cc1.Fc1ccc(-[s+]2c3ccc(F)cc3c3cc(F)ccc32)cc1.Fc1ccc([S+]2c3cc(F)ccc3Oc3ccc(F)cc32)cc1.Fc1ccc([S+]2c3ccc(F)cc3Oc3cc(F)ccc32)cc1.O=S1(=O)c2cc(F)ccc2[S+](c2ccc(F)cc2)c2ccc(F)cc21.O=S1c2cc(F)ccc2[S+](c2ccc(F)cc2)c2ccc(F)cc21. The number of fused-ring (bicyclic) bond motifs is 14. The highest BCUT2D eigenvalue weighted by molar-refractivity contribution is 8.01. The lowest BCUT2D eigenvalue weighted by Crippen LogP contribution is -2.21. The first-order valence-electron chi connectivity index (χ1n) is 41.5. The van der Waals surface area contributed by atoms with Gasteiger partial charge in [0.05, 0.1) is 21.6 Å². The Balaban J connectivity index is 0.000000106. The van der Waals surface area contributed by atoms with Crippen molar-refractivity contribution in [3.8, 4) is 32.8 Å². The smallest absolute Gasteiger partial charge is 0.216 e. The van der Waals surface area contributed by atoms with Crippen LogP contribution in [0.15, 0.2) is 442 Å². The van der Waals surface area contributed by atoms with Crippen molar-refractivity contribution in [3.05, 3.63) is 469 Å². The number of hydrogen-bond acceptors (Lipinski definition) is 5. The molecule has 0 saturated heterocycles. The van der Waals surface area contributed by atoms with Crippen molar-refractivity contribution in [2.24, 2.45) is 0 Å². The summed E-state index contributed by atoms with van der Waals surface area (Å²) in [4.78, 5) is 10.2. The standard InChI is InChI=1S/C18H10F3O2S2.C18H10F3OS2.2C18H10F3OS.2C18H10F3S/c19-11-1-5-14(6-2-11)24-15-7-3-12(20)9-17(15)25(22,23)18-10-13(21)4-8-16(18)24;19-11-1-5-14(6-2-11)23-15-7-3-12(20)9-17(15)24(22)18-10-13(21)4-8-16(18)23;19-11-1-5-14(6-2-11)23-17-7-3-12(20)9-15(17)22-16-10-13(21)4-8-18(16)23;19-11-1-5-14(6-2-11)23-17-9-12(20)3-7-15(17)22-16-8-4-13(21)10-18(16)23;19-11-1-5-14(6-2-11)22-17-7-3-12(20)9-15(17)16-10-13(21)4-8-18(16)22;19-11-1-5-14(6-2-11)22-17-9-12(20)3-7-15(17)16-8-4-13(21)10-18(16)22/h1-10H;1-10H;2*1-10H;2*1-10H/q6*+1. The summed E-state index contributed by atoms with van der Waals surface area (Å²) >= 11 is 0. The summed E-state index contributed by atoms with van der Waals surface area (Å²) in [5, 5.41) is 3.23. The van der Waals surface area contributed by atoms with Crippen LogP contribution in [0.4, 0.5) is 79.0 Å². The van der Waals surface area contributed by atoms with E-state index in [4.69, 9.17) is 9.47 Å². The third-order valence-corrected chi connectivity index (χ3v) is 39.6. The van der Waals surface area contributed by atoms with Gasteiger partial charge in [-0.05, 0) is 279 Å². The van der Waals surface area contributed by atoms with E-state index in [2.05, 4.69) is 0 Å². The average Bonchev–Trinajstić information content (AvgIpc) is 1.21. The fourth-order valence-corrected chi connectivity index (χ4v) is 34.0. The van der Waals surface area contributed by atoms with Gasteiger partial charge >= 0.3 is 0 Å². The molecule has 6 heterocycles. The largest absolute Gasteiger partial charge is 0.447 e. The van der Waals surface area contributed by atoms with Crippen LogP contribution < -0.4 is 9.47 Å². The van der Waals surface area contributed by atoms with Crippen molar-refractivity contribution in [2.45, 2.75) is 78.3 Å². The van der Waals surface area contributed by atoms with Crippen LogP contribution in [0.3, 0.4) is 0 Å². The van der Waals surface area contributed by atoms with Crippen molar-refractivity contribution >= 4 is 126 Å². The molecule has 0 unspecified atom stereocenters. The molecular weight excluding hydrogens is 1980 g/mol. The quantitative estimate of drug-likeness (QED) is 0.123. The van der Waals surface area contributed by atoms with Crippen LogP contribution in [0, 0.1) is 105 Å². The summed E-state index contributed by atoms with van der Waals surface area (Å²) in [5.74, 6) is -5.69. The van der Waals surface area contributed by atoms with Gasteiger partial charge in [0.2, 0.25) is 29.4 Å². The molecule has 0 bridgehead atoms. The van der Waals surface area contributed by atoms with Gasteiger partial charge in [-0.15, -0.1) is 0 Å². The van der Waals surface area contributed by atoms with E-state index in [9.17, 15) is 91.7 Å². The van der Waals surface area contributed by atoms with Crippen LogP contribution in [-0.2, 0) is 64.2 Å². The third-order valence-electron chi connectivity index (χ3n) is 22.0. The Morgan fingerprint density at radius 1 is 0.187 bits per heavy atom. The molecule has 0 amide bonds. The number of hydrogen-bond donors (Lipinski definition) is 0. The van der Waals surface area contributed by atoms with E-state index in [0.717, 1.165) is 76.0 Å². The molecule has 0 saturated carbocycles. The van der Waals surface area contributed by atoms with Crippen LogP contribution in [0.25, 0.3) is 50.1 Å². The molecule has 4 aliphatic heterocycles. The fourth-order valence-electron chi connectivity index (χ4n) is 15.9. The summed E-state index contributed by atoms with van der Waals surface area (Å²) in [5.41, 5.74) is 0. The van der Waals surface area contributed by atoms with Crippen LogP contribution in [-0.4, -0.2) is 12.6 Å². The predicted octanol–water partition coefficient (Wildman–Crippen LogP) is 31.9. The molecule has 31 heteroatoms. The molecule has 0 aliphatic carbocycles. The Bertz CT molecular complexity index is 8040. The van der Waals surface area contributed by atoms with Gasteiger partial charge in [-0.3, -0.25) is 0 Å². The number of rotatable bonds is 6. The molecule has 20 aromatic rings. The van der Waals surface area contributed by atoms with Gasteiger partial charge < -0.3 is 9.47 Å². The molecule has 5 nitrogen and oxygen atoms in total. The zero-order valence-corrected chi connectivity index (χ0v) is 77.3. The number of benzene rings is 18. The second kappa shape index (κ2) is 39.3. The second-order valence-electron chi connectivity index (χ2n) is 30.8. The van der Waals surface area contributed by atoms with Crippen molar-refractivity contribution in [1.29, 1.82) is 0 Å². The van der Waals surface area contributed by atoms with Gasteiger partial charge in [0, 0.05) is 117 Å². The molecule has 18 aromatic carbocycles. The van der Waals surface area contributed by atoms with Gasteiger partial charge in [0.1, 0.15) is 168 Å². The normalized spacial score (nSPS) is 14.0. The van der Waals surface area contributed by atoms with Crippen molar-refractivity contribution < 1.29 is 101 Å². The van der Waals surface area contributed by atoms with Gasteiger partial charge in [0.15, 0.2) is 90.8 Å². The number of sulfone groups is 1. The minimum atomic E-state index is -4.04. The lowest BCUT2D eigenvalue weighted by molar-refractivity contribution is 0.442. The molecule has 4 aliphatic rings. The lowest BCUT2D eigenvalue weighted by atomic mass is 10.1. The average molecular weight is 2040 g/mol. The maximum absolute atomic E-state index is 13.7. The van der Waals surface area contributed by atoms with E-state index in [0.29, 0.717) is 77.8 Å². The van der Waals surface area contributed by atoms with Crippen molar-refractivity contribution in [2.75, 3.05) is 0 Å². The third kappa shape index (κ3) is 19.3. The molecule has 24 rings (SSSR count). The van der Waals surface area contributed by atoms with Crippen molar-refractivity contribution in [1.82, 2.24) is 0 Å². The lowest BCUT2D eigenvalue weighted by Gasteiger charge is -2.19. The first kappa shape index (κ1) is 94.2. The Labute approximate surface area is 800 Å². The fraction of sp³-hybridized carbons (Fsp3) is 0. The molecule has 0 N–H and O–H groups in total. The Kier molecular flexibility index (Phi) is 26.6. The zero-order valence-electron chi connectivity index (χ0n) is 70.8. The monoisotopic (exact) mass is 2030 g/mol. The highest BCUT2D eigenvalue weighted by Gasteiger charge is 2.48. The van der Waals surface area contributed by atoms with E-state index in [1.807, 2.05) is 0 Å². The van der Waals surface area contributed by atoms with E-state index >= 15 is 0 Å². The molecule has 0 radical (unpaired) electrons. The minimum Gasteiger partial charge on any atom is -0.447 e. The number of ether oxygens (including phenoxy) is 2. The Hall–Kier alpha value is -13.8. The van der Waals surface area contributed by atoms with E-state index in [1.54, 1.807) is 133 Å². The van der Waals surface area contributed by atoms with Gasteiger partial charge in [0.25, 0.3) is 0 Å². The van der Waals surface area contributed by atoms with Gasteiger partial charge in [-0.1, -0.05) is 0 Å². The molecular formula is C108H60F18O5S8+6. The minimum absolute atomic E-state index is 0.182. The van der Waals surface area contributed by atoms with Crippen molar-refractivity contribution in [3.63, 3.8) is 0 Å². The molecule has 139 heavy (non-hydrogen) atoms. The second-order valence-corrected chi connectivity index (χ2v) is 45.9. The molecule has 690 valence electrons. The Morgan fingerprint density at radius 2 is 0.424 bits per heavy atom. The summed E-state index contributed by atoms with van der Waals surface area (Å²) in [6.45, 7) is 0. The summed E-state index contributed by atoms with van der Waals surface area (Å²) in [6.07, 6.45) is 0. The van der Waals surface area contributed by atoms with Gasteiger partial charge in [-0.25, -0.2) is 91.7 Å². The topological polar surface area (TPSA) is 69.7 Å². The van der Waals surface area contributed by atoms with Crippen LogP contribution >= 0.6 is 20.9 Å². The highest BCUT2D eigenvalue weighted by atomic mass is 32.2. The maximum Gasteiger partial charge on any atom is 0.216 e. The van der Waals surface area contributed by atoms with Crippen LogP contribution in [0.5, 0.6) is 23.0 Å². The first-order valence-corrected chi connectivity index (χ1v) is 51.5. The first-order chi connectivity index (χ1) is 66.9. The molecule has 0 atom stereocenters. The molecule has 0 spiro atoms. The summed E-state index contributed by atoms with van der Waals surface area (Å²) < 4.78 is 297. The molecule has 0 fully saturated rings. The van der Waals surface area contributed by atoms with E-state index in [-0.39, 0.29) is 62.1 Å².